The fourth-order valence-electron chi connectivity index (χ4n) is 7.02. The smallest absolute Gasteiger partial charge is 0.339 e. The maximum absolute atomic E-state index is 14.7. The van der Waals surface area contributed by atoms with Crippen molar-refractivity contribution < 1.29 is 22.4 Å². The van der Waals surface area contributed by atoms with Gasteiger partial charge in [-0.05, 0) is 87.3 Å². The molecule has 1 saturated carbocycles. The number of benzene rings is 2. The number of fused-ring (bicyclic) bond motifs is 2. The third kappa shape index (κ3) is 4.31. The zero-order valence-electron chi connectivity index (χ0n) is 22.6. The fraction of sp³-hybridized carbons (Fsp3) is 0.367. The van der Waals surface area contributed by atoms with Gasteiger partial charge in [0.1, 0.15) is 16.8 Å². The Balaban J connectivity index is 1.51. The summed E-state index contributed by atoms with van der Waals surface area (Å²) in [6, 6.07) is 12.5. The Labute approximate surface area is 243 Å². The molecule has 2 amide bonds. The van der Waals surface area contributed by atoms with Crippen molar-refractivity contribution in [2.45, 2.75) is 55.5 Å². The molecule has 1 saturated heterocycles. The van der Waals surface area contributed by atoms with E-state index in [9.17, 15) is 22.4 Å². The van der Waals surface area contributed by atoms with E-state index in [4.69, 9.17) is 11.6 Å². The lowest BCUT2D eigenvalue weighted by Crippen LogP contribution is -2.67. The Hall–Kier alpha value is -3.18. The number of hydrogen-bond acceptors (Lipinski definition) is 6. The maximum atomic E-state index is 14.7. The molecule has 0 bridgehead atoms. The van der Waals surface area contributed by atoms with E-state index in [1.807, 2.05) is 0 Å². The summed E-state index contributed by atoms with van der Waals surface area (Å²) in [6.45, 7) is 2.77. The molecule has 11 heteroatoms. The van der Waals surface area contributed by atoms with Crippen LogP contribution in [-0.4, -0.2) is 44.3 Å². The number of carbonyl (C=O) groups excluding carboxylic acids is 2. The Kier molecular flexibility index (Phi) is 7.01. The normalized spacial score (nSPS) is 23.2. The van der Waals surface area contributed by atoms with E-state index in [0.717, 1.165) is 30.5 Å². The Morgan fingerprint density at radius 3 is 2.46 bits per heavy atom. The van der Waals surface area contributed by atoms with Crippen molar-refractivity contribution in [2.24, 2.45) is 5.92 Å². The molecule has 2 aromatic carbocycles. The molecule has 6 rings (SSSR count). The quantitative estimate of drug-likeness (QED) is 0.407. The Bertz CT molecular complexity index is 1640. The number of piperidine rings is 1. The number of amides is 2. The molecular formula is C30H31ClFN4O4S+. The maximum Gasteiger partial charge on any atom is 0.339 e. The second-order valence-electron chi connectivity index (χ2n) is 11.1. The Morgan fingerprint density at radius 1 is 1.12 bits per heavy atom. The summed E-state index contributed by atoms with van der Waals surface area (Å²) in [4.78, 5) is 31.4. The van der Waals surface area contributed by atoms with Crippen LogP contribution in [0.2, 0.25) is 5.02 Å². The highest BCUT2D eigenvalue weighted by molar-refractivity contribution is 7.91. The van der Waals surface area contributed by atoms with Gasteiger partial charge in [-0.25, -0.2) is 9.18 Å². The monoisotopic (exact) mass is 597 g/mol. The van der Waals surface area contributed by atoms with Crippen LogP contribution < -0.4 is 14.5 Å². The van der Waals surface area contributed by atoms with Crippen LogP contribution in [0, 0.1) is 11.7 Å². The van der Waals surface area contributed by atoms with Gasteiger partial charge in [0.15, 0.2) is 5.69 Å². The van der Waals surface area contributed by atoms with E-state index in [1.165, 1.54) is 19.1 Å². The zero-order chi connectivity index (χ0) is 29.0. The van der Waals surface area contributed by atoms with Gasteiger partial charge in [-0.1, -0.05) is 11.6 Å². The summed E-state index contributed by atoms with van der Waals surface area (Å²) in [6.07, 6.45) is 4.49. The van der Waals surface area contributed by atoms with Gasteiger partial charge >= 0.3 is 15.9 Å². The lowest BCUT2D eigenvalue weighted by atomic mass is 9.68. The highest BCUT2D eigenvalue weighted by Gasteiger charge is 2.73. The molecule has 2 atom stereocenters. The lowest BCUT2D eigenvalue weighted by Gasteiger charge is -2.43. The predicted molar refractivity (Wildman–Crippen MR) is 153 cm³/mol. The number of hydrogen-bond donors (Lipinski definition) is 2. The van der Waals surface area contributed by atoms with Crippen LogP contribution in [0.1, 0.15) is 54.2 Å². The van der Waals surface area contributed by atoms with Gasteiger partial charge < -0.3 is 10.6 Å². The fourth-order valence-corrected chi connectivity index (χ4v) is 9.45. The number of quaternary nitrogens is 1. The molecule has 1 aromatic heterocycles. The molecule has 2 aliphatic heterocycles. The molecule has 2 N–H and O–H groups in total. The van der Waals surface area contributed by atoms with E-state index < -0.39 is 37.1 Å². The number of carbonyl (C=O) groups is 2. The topological polar surface area (TPSA) is 105 Å². The number of halogens is 2. The molecule has 41 heavy (non-hydrogen) atoms. The number of nitrogens with one attached hydrogen (secondary N) is 2. The summed E-state index contributed by atoms with van der Waals surface area (Å²) in [5.74, 6) is -1.40. The van der Waals surface area contributed by atoms with Crippen LogP contribution in [0.4, 0.5) is 10.1 Å². The van der Waals surface area contributed by atoms with Gasteiger partial charge in [-0.15, -0.1) is 3.89 Å². The highest BCUT2D eigenvalue weighted by Crippen LogP contribution is 2.62. The molecule has 214 valence electrons. The van der Waals surface area contributed by atoms with Crippen molar-refractivity contribution in [3.8, 4) is 0 Å². The first kappa shape index (κ1) is 28.0. The molecule has 8 nitrogen and oxygen atoms in total. The van der Waals surface area contributed by atoms with Crippen molar-refractivity contribution in [1.29, 1.82) is 0 Å². The van der Waals surface area contributed by atoms with Crippen molar-refractivity contribution in [3.05, 3.63) is 88.5 Å². The number of nitrogens with zero attached hydrogens (tertiary/aromatic N) is 2. The van der Waals surface area contributed by atoms with Crippen molar-refractivity contribution in [3.63, 3.8) is 0 Å². The van der Waals surface area contributed by atoms with Gasteiger partial charge in [-0.2, -0.15) is 8.42 Å². The van der Waals surface area contributed by atoms with Crippen molar-refractivity contribution >= 4 is 39.1 Å². The van der Waals surface area contributed by atoms with E-state index in [-0.39, 0.29) is 23.3 Å². The predicted octanol–water partition coefficient (Wildman–Crippen LogP) is 4.46. The third-order valence-corrected chi connectivity index (χ3v) is 11.5. The van der Waals surface area contributed by atoms with Gasteiger partial charge in [0.25, 0.3) is 5.91 Å². The van der Waals surface area contributed by atoms with Gasteiger partial charge in [0.05, 0.1) is 29.6 Å². The van der Waals surface area contributed by atoms with Crippen LogP contribution in [0.15, 0.2) is 65.7 Å². The SMILES string of the molecule is CC(=O)[N+]1(S(=O)(=O)c2ccc(F)cc2)c2ccc(C(=O)NCc3ncccc3Cl)cc2C2(CCNCC2)C1C1CC1. The standard InChI is InChI=1S/C30H30ClFN4O4S/c1-19(37)36(41(39,40)23-9-7-22(32)8-10-23)27-11-6-21(29(38)35-18-26-25(31)3-2-14-34-26)17-24(27)30(12-15-33-16-13-30)28(36)20-4-5-20/h2-3,6-11,14,17,20,28,33H,4-5,12-13,15-16,18H2,1H3/p+1. The first-order chi connectivity index (χ1) is 19.6. The molecule has 2 fully saturated rings. The first-order valence-electron chi connectivity index (χ1n) is 13.8. The van der Waals surface area contributed by atoms with Gasteiger partial charge in [0, 0.05) is 29.3 Å². The van der Waals surface area contributed by atoms with Crippen LogP contribution >= 0.6 is 11.6 Å². The molecule has 2 unspecified atom stereocenters. The Morgan fingerprint density at radius 2 is 1.83 bits per heavy atom. The molecule has 1 aliphatic carbocycles. The summed E-state index contributed by atoms with van der Waals surface area (Å²) in [5, 5.41) is 6.69. The van der Waals surface area contributed by atoms with E-state index >= 15 is 0 Å². The zero-order valence-corrected chi connectivity index (χ0v) is 24.1. The number of sulfonamides is 1. The largest absolute Gasteiger partial charge is 0.346 e. The summed E-state index contributed by atoms with van der Waals surface area (Å²) < 4.78 is 42.3. The molecule has 0 radical (unpaired) electrons. The van der Waals surface area contributed by atoms with Crippen LogP contribution in [0.25, 0.3) is 0 Å². The molecular weight excluding hydrogens is 567 g/mol. The van der Waals surface area contributed by atoms with Gasteiger partial charge in [-0.3, -0.25) is 9.78 Å². The van der Waals surface area contributed by atoms with E-state index in [2.05, 4.69) is 15.6 Å². The minimum absolute atomic E-state index is 0.0168. The summed E-state index contributed by atoms with van der Waals surface area (Å²) >= 11 is 6.21. The summed E-state index contributed by atoms with van der Waals surface area (Å²) in [7, 11) is -4.37. The average Bonchev–Trinajstić information content (AvgIpc) is 3.77. The van der Waals surface area contributed by atoms with Gasteiger partial charge in [0.2, 0.25) is 0 Å². The van der Waals surface area contributed by atoms with Crippen molar-refractivity contribution in [2.75, 3.05) is 13.1 Å². The van der Waals surface area contributed by atoms with E-state index in [1.54, 1.807) is 36.5 Å². The van der Waals surface area contributed by atoms with Crippen LogP contribution in [0.3, 0.4) is 0 Å². The molecule has 3 aromatic rings. The second-order valence-corrected chi connectivity index (χ2v) is 13.5. The molecule has 3 aliphatic rings. The number of pyridine rings is 1. The highest BCUT2D eigenvalue weighted by atomic mass is 35.5. The third-order valence-electron chi connectivity index (χ3n) is 8.88. The minimum Gasteiger partial charge on any atom is -0.346 e. The minimum atomic E-state index is -4.37. The first-order valence-corrected chi connectivity index (χ1v) is 15.6. The second kappa shape index (κ2) is 10.3. The average molecular weight is 598 g/mol. The lowest BCUT2D eigenvalue weighted by molar-refractivity contribution is -0.126. The van der Waals surface area contributed by atoms with Crippen LogP contribution in [0.5, 0.6) is 0 Å². The molecule has 3 heterocycles. The summed E-state index contributed by atoms with van der Waals surface area (Å²) in [5.41, 5.74) is 1.36. The molecule has 1 spiro atoms. The van der Waals surface area contributed by atoms with E-state index in [0.29, 0.717) is 47.9 Å². The number of aromatic nitrogens is 1. The van der Waals surface area contributed by atoms with Crippen LogP contribution in [-0.2, 0) is 26.8 Å². The number of rotatable bonds is 6. The van der Waals surface area contributed by atoms with Crippen molar-refractivity contribution in [1.82, 2.24) is 19.5 Å².